The highest BCUT2D eigenvalue weighted by Crippen LogP contribution is 2.31. The molecular weight excluding hydrogens is 468 g/mol. The van der Waals surface area contributed by atoms with Crippen LogP contribution < -0.4 is 19.9 Å². The number of aliphatic hydroxyl groups excluding tert-OH is 1. The van der Waals surface area contributed by atoms with E-state index in [1.54, 1.807) is 32.4 Å². The van der Waals surface area contributed by atoms with E-state index in [1.165, 1.54) is 12.1 Å². The van der Waals surface area contributed by atoms with Crippen LogP contribution in [0.25, 0.3) is 0 Å². The van der Waals surface area contributed by atoms with Gasteiger partial charge in [-0.1, -0.05) is 38.1 Å². The van der Waals surface area contributed by atoms with E-state index in [4.69, 9.17) is 19.9 Å². The number of sulfonamides is 1. The van der Waals surface area contributed by atoms with Gasteiger partial charge in [0.2, 0.25) is 10.0 Å². The van der Waals surface area contributed by atoms with Crippen LogP contribution in [0.15, 0.2) is 53.4 Å². The lowest BCUT2D eigenvalue weighted by Gasteiger charge is -2.27. The summed E-state index contributed by atoms with van der Waals surface area (Å²) in [6.45, 7) is 5.24. The zero-order chi connectivity index (χ0) is 25.8. The lowest BCUT2D eigenvalue weighted by molar-refractivity contribution is 0.129. The largest absolute Gasteiger partial charge is 0.493 e. The summed E-state index contributed by atoms with van der Waals surface area (Å²) in [6.07, 6.45) is 1.05. The Balaban J connectivity index is 1.99. The highest BCUT2D eigenvalue weighted by atomic mass is 32.2. The van der Waals surface area contributed by atoms with E-state index in [0.29, 0.717) is 37.1 Å². The molecule has 0 bridgehead atoms. The molecule has 0 saturated heterocycles. The average Bonchev–Trinajstić information content (AvgIpc) is 2.85. The summed E-state index contributed by atoms with van der Waals surface area (Å²) in [5.41, 5.74) is 7.39. The summed E-state index contributed by atoms with van der Waals surface area (Å²) >= 11 is 0. The predicted molar refractivity (Wildman–Crippen MR) is 137 cm³/mol. The van der Waals surface area contributed by atoms with Gasteiger partial charge in [-0.3, -0.25) is 0 Å². The maximum absolute atomic E-state index is 12.4. The summed E-state index contributed by atoms with van der Waals surface area (Å²) in [5.74, 6) is 1.84. The van der Waals surface area contributed by atoms with Gasteiger partial charge in [0.25, 0.3) is 0 Å². The van der Waals surface area contributed by atoms with Crippen LogP contribution in [-0.2, 0) is 21.2 Å². The van der Waals surface area contributed by atoms with Crippen LogP contribution in [0, 0.1) is 11.8 Å². The molecule has 2 aromatic rings. The second-order valence-electron chi connectivity index (χ2n) is 9.02. The van der Waals surface area contributed by atoms with Crippen LogP contribution >= 0.6 is 0 Å². The summed E-state index contributed by atoms with van der Waals surface area (Å²) in [6, 6.07) is 13.4. The monoisotopic (exact) mass is 508 g/mol. The Labute approximate surface area is 209 Å². The fraction of sp³-hybridized carbons (Fsp3) is 0.538. The zero-order valence-corrected chi connectivity index (χ0v) is 22.0. The quantitative estimate of drug-likeness (QED) is 0.298. The van der Waals surface area contributed by atoms with E-state index in [9.17, 15) is 13.5 Å². The third kappa shape index (κ3) is 9.42. The minimum atomic E-state index is -3.70. The first-order chi connectivity index (χ1) is 16.7. The molecule has 0 fully saturated rings. The van der Waals surface area contributed by atoms with Crippen molar-refractivity contribution in [3.05, 3.63) is 54.1 Å². The van der Waals surface area contributed by atoms with E-state index in [2.05, 4.69) is 18.6 Å². The van der Waals surface area contributed by atoms with Crippen LogP contribution in [0.1, 0.15) is 32.3 Å². The van der Waals surface area contributed by atoms with Crippen molar-refractivity contribution in [3.8, 4) is 11.5 Å². The number of aliphatic hydroxyl groups is 1. The Morgan fingerprint density at radius 2 is 1.74 bits per heavy atom. The molecule has 0 radical (unpaired) electrons. The summed E-state index contributed by atoms with van der Waals surface area (Å²) in [7, 11) is -0.433. The molecule has 0 aliphatic carbocycles. The molecular formula is C26H40N2O6S. The lowest BCUT2D eigenvalue weighted by Crippen LogP contribution is -2.44. The number of nitrogens with one attached hydrogen (secondary N) is 1. The number of nitrogens with two attached hydrogens (primary N) is 1. The Hall–Kier alpha value is -2.17. The van der Waals surface area contributed by atoms with Crippen LogP contribution in [0.5, 0.6) is 11.5 Å². The van der Waals surface area contributed by atoms with Gasteiger partial charge >= 0.3 is 0 Å². The van der Waals surface area contributed by atoms with Gasteiger partial charge in [0.1, 0.15) is 0 Å². The third-order valence-corrected chi connectivity index (χ3v) is 7.46. The standard InChI is InChI=1S/C26H40N2O6S/c1-19(2)21(15-20-11-12-25(33-4)26(16-20)34-14-8-13-32-3)17-23(27)24(29)18-28-35(30,31)22-9-6-5-7-10-22/h5-7,9-12,16,19,21,23-24,28-29H,8,13-15,17-18,27H2,1-4H3/t21-,23-,24-/m0/s1. The van der Waals surface area contributed by atoms with Gasteiger partial charge in [-0.25, -0.2) is 13.1 Å². The lowest BCUT2D eigenvalue weighted by atomic mass is 9.83. The molecule has 196 valence electrons. The maximum atomic E-state index is 12.4. The van der Waals surface area contributed by atoms with Crippen molar-refractivity contribution in [1.82, 2.24) is 4.72 Å². The van der Waals surface area contributed by atoms with E-state index in [1.807, 2.05) is 18.2 Å². The van der Waals surface area contributed by atoms with Gasteiger partial charge in [0.05, 0.1) is 24.7 Å². The molecule has 0 saturated carbocycles. The number of methoxy groups -OCH3 is 2. The van der Waals surface area contributed by atoms with Gasteiger partial charge in [0.15, 0.2) is 11.5 Å². The van der Waals surface area contributed by atoms with E-state index in [0.717, 1.165) is 18.4 Å². The highest BCUT2D eigenvalue weighted by molar-refractivity contribution is 7.89. The number of hydrogen-bond donors (Lipinski definition) is 3. The van der Waals surface area contributed by atoms with Gasteiger partial charge < -0.3 is 25.1 Å². The van der Waals surface area contributed by atoms with Gasteiger partial charge in [-0.15, -0.1) is 0 Å². The van der Waals surface area contributed by atoms with Crippen molar-refractivity contribution in [2.24, 2.45) is 17.6 Å². The van der Waals surface area contributed by atoms with Crippen LogP contribution in [-0.4, -0.2) is 59.6 Å². The average molecular weight is 509 g/mol. The van der Waals surface area contributed by atoms with E-state index in [-0.39, 0.29) is 17.4 Å². The molecule has 35 heavy (non-hydrogen) atoms. The maximum Gasteiger partial charge on any atom is 0.240 e. The van der Waals surface area contributed by atoms with Gasteiger partial charge in [-0.05, 0) is 54.5 Å². The second kappa shape index (κ2) is 14.4. The van der Waals surface area contributed by atoms with Crippen molar-refractivity contribution < 1.29 is 27.7 Å². The van der Waals surface area contributed by atoms with Crippen molar-refractivity contribution in [2.45, 2.75) is 50.2 Å². The molecule has 0 amide bonds. The van der Waals surface area contributed by atoms with Crippen LogP contribution in [0.4, 0.5) is 0 Å². The Bertz CT molecular complexity index is 985. The Kier molecular flexibility index (Phi) is 12.0. The fourth-order valence-corrected chi connectivity index (χ4v) is 4.85. The molecule has 3 atom stereocenters. The Morgan fingerprint density at radius 1 is 1.03 bits per heavy atom. The summed E-state index contributed by atoms with van der Waals surface area (Å²) < 4.78 is 43.7. The molecule has 9 heteroatoms. The molecule has 0 aliphatic heterocycles. The molecule has 2 aromatic carbocycles. The zero-order valence-electron chi connectivity index (χ0n) is 21.1. The SMILES string of the molecule is COCCCOc1cc(C[C@@H](C[C@H](N)[C@@H](O)CNS(=O)(=O)c2ccccc2)C(C)C)ccc1OC. The van der Waals surface area contributed by atoms with Crippen molar-refractivity contribution in [1.29, 1.82) is 0 Å². The molecule has 0 aromatic heterocycles. The molecule has 0 aliphatic rings. The summed E-state index contributed by atoms with van der Waals surface area (Å²) in [5, 5.41) is 10.6. The minimum absolute atomic E-state index is 0.148. The third-order valence-electron chi connectivity index (χ3n) is 6.02. The van der Waals surface area contributed by atoms with Crippen molar-refractivity contribution in [2.75, 3.05) is 34.0 Å². The molecule has 0 spiro atoms. The first kappa shape index (κ1) is 29.1. The van der Waals surface area contributed by atoms with Crippen molar-refractivity contribution in [3.63, 3.8) is 0 Å². The van der Waals surface area contributed by atoms with E-state index >= 15 is 0 Å². The molecule has 8 nitrogen and oxygen atoms in total. The Morgan fingerprint density at radius 3 is 2.37 bits per heavy atom. The first-order valence-electron chi connectivity index (χ1n) is 11.9. The number of hydrogen-bond acceptors (Lipinski definition) is 7. The normalized spacial score (nSPS) is 14.5. The smallest absolute Gasteiger partial charge is 0.240 e. The number of rotatable bonds is 16. The molecule has 2 rings (SSSR count). The van der Waals surface area contributed by atoms with Gasteiger partial charge in [-0.2, -0.15) is 0 Å². The van der Waals surface area contributed by atoms with Crippen LogP contribution in [0.2, 0.25) is 0 Å². The minimum Gasteiger partial charge on any atom is -0.493 e. The molecule has 0 unspecified atom stereocenters. The number of benzene rings is 2. The van der Waals surface area contributed by atoms with E-state index < -0.39 is 22.2 Å². The fourth-order valence-electron chi connectivity index (χ4n) is 3.78. The van der Waals surface area contributed by atoms with Gasteiger partial charge in [0, 0.05) is 32.7 Å². The predicted octanol–water partition coefficient (Wildman–Crippen LogP) is 2.98. The van der Waals surface area contributed by atoms with Crippen molar-refractivity contribution >= 4 is 10.0 Å². The number of ether oxygens (including phenoxy) is 3. The molecule has 0 heterocycles. The van der Waals surface area contributed by atoms with Crippen LogP contribution in [0.3, 0.4) is 0 Å². The topological polar surface area (TPSA) is 120 Å². The first-order valence-corrected chi connectivity index (χ1v) is 13.4. The summed E-state index contributed by atoms with van der Waals surface area (Å²) in [4.78, 5) is 0.153. The second-order valence-corrected chi connectivity index (χ2v) is 10.8. The highest BCUT2D eigenvalue weighted by Gasteiger charge is 2.25. The molecule has 4 N–H and O–H groups in total.